The summed E-state index contributed by atoms with van der Waals surface area (Å²) < 4.78 is 41.8. The van der Waals surface area contributed by atoms with E-state index in [1.54, 1.807) is 19.1 Å². The van der Waals surface area contributed by atoms with Gasteiger partial charge in [0.1, 0.15) is 5.82 Å². The Hall–Kier alpha value is -3.65. The number of aryl methyl sites for hydroxylation is 2. The minimum absolute atomic E-state index is 0.0322. The van der Waals surface area contributed by atoms with Crippen molar-refractivity contribution in [3.63, 3.8) is 0 Å². The van der Waals surface area contributed by atoms with Crippen molar-refractivity contribution in [3.05, 3.63) is 89.9 Å². The molecule has 3 N–H and O–H groups in total. The zero-order chi connectivity index (χ0) is 22.7. The van der Waals surface area contributed by atoms with Crippen LogP contribution in [0.3, 0.4) is 0 Å². The summed E-state index contributed by atoms with van der Waals surface area (Å²) in [6, 6.07) is 18.0. The lowest BCUT2D eigenvalue weighted by molar-refractivity contribution is -0.116. The van der Waals surface area contributed by atoms with E-state index in [4.69, 9.17) is 0 Å². The second-order valence-electron chi connectivity index (χ2n) is 7.47. The molecule has 6 nitrogen and oxygen atoms in total. The molecule has 32 heavy (non-hydrogen) atoms. The van der Waals surface area contributed by atoms with E-state index in [9.17, 15) is 17.6 Å². The van der Waals surface area contributed by atoms with Crippen LogP contribution in [0.1, 0.15) is 17.5 Å². The molecule has 1 heterocycles. The molecule has 3 aromatic carbocycles. The fourth-order valence-corrected chi connectivity index (χ4v) is 4.86. The minimum Gasteiger partial charge on any atom is -0.361 e. The number of carbonyl (C=O) groups is 1. The summed E-state index contributed by atoms with van der Waals surface area (Å²) in [6.07, 6.45) is 2.68. The van der Waals surface area contributed by atoms with E-state index < -0.39 is 15.8 Å². The maximum atomic E-state index is 13.9. The van der Waals surface area contributed by atoms with Crippen LogP contribution in [0.4, 0.5) is 15.8 Å². The Morgan fingerprint density at radius 2 is 1.78 bits per heavy atom. The molecule has 0 saturated heterocycles. The van der Waals surface area contributed by atoms with Crippen molar-refractivity contribution >= 4 is 38.2 Å². The van der Waals surface area contributed by atoms with Gasteiger partial charge in [-0.3, -0.25) is 9.52 Å². The van der Waals surface area contributed by atoms with E-state index in [0.717, 1.165) is 16.5 Å². The van der Waals surface area contributed by atoms with Gasteiger partial charge in [-0.25, -0.2) is 12.8 Å². The van der Waals surface area contributed by atoms with Crippen molar-refractivity contribution in [2.45, 2.75) is 24.7 Å². The Bertz CT molecular complexity index is 1400. The molecule has 4 rings (SSSR count). The number of anilines is 2. The summed E-state index contributed by atoms with van der Waals surface area (Å²) in [4.78, 5) is 15.6. The number of amides is 1. The summed E-state index contributed by atoms with van der Waals surface area (Å²) in [5, 5.41) is 3.82. The number of hydrogen-bond acceptors (Lipinski definition) is 3. The quantitative estimate of drug-likeness (QED) is 0.370. The topological polar surface area (TPSA) is 91.1 Å². The number of para-hydroxylation sites is 2. The molecule has 0 aliphatic rings. The Labute approximate surface area is 185 Å². The summed E-state index contributed by atoms with van der Waals surface area (Å²) in [7, 11) is -4.04. The molecule has 0 bridgehead atoms. The van der Waals surface area contributed by atoms with Gasteiger partial charge >= 0.3 is 0 Å². The van der Waals surface area contributed by atoms with Gasteiger partial charge in [0, 0.05) is 29.2 Å². The Balaban J connectivity index is 1.47. The third-order valence-electron chi connectivity index (χ3n) is 5.18. The highest BCUT2D eigenvalue weighted by Crippen LogP contribution is 2.25. The van der Waals surface area contributed by atoms with Gasteiger partial charge in [0.2, 0.25) is 5.91 Å². The summed E-state index contributed by atoms with van der Waals surface area (Å²) in [5.74, 6) is -0.903. The number of benzene rings is 3. The van der Waals surface area contributed by atoms with Gasteiger partial charge in [0.05, 0.1) is 10.6 Å². The van der Waals surface area contributed by atoms with Crippen molar-refractivity contribution in [1.29, 1.82) is 0 Å². The zero-order valence-corrected chi connectivity index (χ0v) is 18.2. The van der Waals surface area contributed by atoms with Gasteiger partial charge < -0.3 is 10.3 Å². The third-order valence-corrected chi connectivity index (χ3v) is 6.68. The standard InChI is InChI=1S/C24H22FN3O3S/c1-16-10-12-18(14-23(16)32(30,31)28-22-9-5-3-7-20(22)25)27-24(29)13-11-17-15-26-21-8-4-2-6-19(17)21/h2-10,12,14-15,26,28H,11,13H2,1H3,(H,27,29). The van der Waals surface area contributed by atoms with Gasteiger partial charge in [-0.2, -0.15) is 0 Å². The van der Waals surface area contributed by atoms with E-state index in [1.807, 2.05) is 30.5 Å². The number of nitrogens with one attached hydrogen (secondary N) is 3. The SMILES string of the molecule is Cc1ccc(NC(=O)CCc2c[nH]c3ccccc23)cc1S(=O)(=O)Nc1ccccc1F. The predicted octanol–water partition coefficient (Wildman–Crippen LogP) is 4.99. The molecule has 1 amide bonds. The maximum absolute atomic E-state index is 13.9. The first-order valence-electron chi connectivity index (χ1n) is 10.1. The number of fused-ring (bicyclic) bond motifs is 1. The van der Waals surface area contributed by atoms with Crippen LogP contribution in [0.15, 0.2) is 77.8 Å². The lowest BCUT2D eigenvalue weighted by Gasteiger charge is -2.13. The van der Waals surface area contributed by atoms with Crippen LogP contribution in [0.2, 0.25) is 0 Å². The lowest BCUT2D eigenvalue weighted by atomic mass is 10.1. The normalized spacial score (nSPS) is 11.4. The number of sulfonamides is 1. The number of hydrogen-bond donors (Lipinski definition) is 3. The molecule has 0 spiro atoms. The second kappa shape index (κ2) is 8.84. The molecule has 0 fully saturated rings. The third kappa shape index (κ3) is 4.65. The van der Waals surface area contributed by atoms with E-state index >= 15 is 0 Å². The Kier molecular flexibility index (Phi) is 5.96. The molecule has 164 valence electrons. The van der Waals surface area contributed by atoms with Gasteiger partial charge in [0.15, 0.2) is 0 Å². The van der Waals surface area contributed by atoms with Crippen LogP contribution < -0.4 is 10.0 Å². The molecule has 4 aromatic rings. The van der Waals surface area contributed by atoms with Gasteiger partial charge in [-0.1, -0.05) is 36.4 Å². The number of carbonyl (C=O) groups excluding carboxylic acids is 1. The molecule has 8 heteroatoms. The largest absolute Gasteiger partial charge is 0.361 e. The van der Waals surface area contributed by atoms with E-state index in [0.29, 0.717) is 17.7 Å². The molecule has 0 aliphatic heterocycles. The number of halogens is 1. The monoisotopic (exact) mass is 451 g/mol. The van der Waals surface area contributed by atoms with Crippen LogP contribution >= 0.6 is 0 Å². The van der Waals surface area contributed by atoms with Crippen molar-refractivity contribution in [1.82, 2.24) is 4.98 Å². The van der Waals surface area contributed by atoms with Crippen molar-refractivity contribution in [2.24, 2.45) is 0 Å². The summed E-state index contributed by atoms with van der Waals surface area (Å²) in [5.41, 5.74) is 2.75. The van der Waals surface area contributed by atoms with Gasteiger partial charge in [0.25, 0.3) is 10.0 Å². The molecule has 0 saturated carbocycles. The molecule has 1 aromatic heterocycles. The highest BCUT2D eigenvalue weighted by Gasteiger charge is 2.19. The van der Waals surface area contributed by atoms with E-state index in [1.165, 1.54) is 30.3 Å². The van der Waals surface area contributed by atoms with Crippen molar-refractivity contribution in [2.75, 3.05) is 10.0 Å². The average Bonchev–Trinajstić information content (AvgIpc) is 3.18. The van der Waals surface area contributed by atoms with Crippen LogP contribution in [0, 0.1) is 12.7 Å². The molecular weight excluding hydrogens is 429 g/mol. The molecule has 0 unspecified atom stereocenters. The van der Waals surface area contributed by atoms with Crippen LogP contribution in [0.5, 0.6) is 0 Å². The van der Waals surface area contributed by atoms with Crippen LogP contribution in [-0.4, -0.2) is 19.3 Å². The van der Waals surface area contributed by atoms with Gasteiger partial charge in [-0.15, -0.1) is 0 Å². The van der Waals surface area contributed by atoms with Gasteiger partial charge in [-0.05, 0) is 54.8 Å². The van der Waals surface area contributed by atoms with E-state index in [-0.39, 0.29) is 22.9 Å². The predicted molar refractivity (Wildman–Crippen MR) is 124 cm³/mol. The van der Waals surface area contributed by atoms with E-state index in [2.05, 4.69) is 15.0 Å². The first-order valence-corrected chi connectivity index (χ1v) is 11.5. The number of aromatic amines is 1. The molecule has 0 radical (unpaired) electrons. The molecule has 0 aliphatic carbocycles. The first kappa shape index (κ1) is 21.6. The molecular formula is C24H22FN3O3S. The molecule has 0 atom stereocenters. The van der Waals surface area contributed by atoms with Crippen molar-refractivity contribution < 1.29 is 17.6 Å². The maximum Gasteiger partial charge on any atom is 0.262 e. The lowest BCUT2D eigenvalue weighted by Crippen LogP contribution is -2.17. The number of rotatable bonds is 7. The smallest absolute Gasteiger partial charge is 0.262 e. The average molecular weight is 452 g/mol. The first-order chi connectivity index (χ1) is 15.3. The minimum atomic E-state index is -4.04. The second-order valence-corrected chi connectivity index (χ2v) is 9.12. The highest BCUT2D eigenvalue weighted by atomic mass is 32.2. The summed E-state index contributed by atoms with van der Waals surface area (Å²) >= 11 is 0. The van der Waals surface area contributed by atoms with Crippen LogP contribution in [0.25, 0.3) is 10.9 Å². The van der Waals surface area contributed by atoms with Crippen molar-refractivity contribution in [3.8, 4) is 0 Å². The number of aromatic nitrogens is 1. The Morgan fingerprint density at radius 3 is 2.59 bits per heavy atom. The highest BCUT2D eigenvalue weighted by molar-refractivity contribution is 7.92. The number of H-pyrrole nitrogens is 1. The Morgan fingerprint density at radius 1 is 1.03 bits per heavy atom. The van der Waals surface area contributed by atoms with Crippen LogP contribution in [-0.2, 0) is 21.2 Å². The fourth-order valence-electron chi connectivity index (χ4n) is 3.52. The zero-order valence-electron chi connectivity index (χ0n) is 17.4. The summed E-state index contributed by atoms with van der Waals surface area (Å²) in [6.45, 7) is 1.64. The fraction of sp³-hybridized carbons (Fsp3) is 0.125.